The summed E-state index contributed by atoms with van der Waals surface area (Å²) >= 11 is 0. The fourth-order valence-electron chi connectivity index (χ4n) is 2.53. The van der Waals surface area contributed by atoms with E-state index in [1.165, 1.54) is 0 Å². The van der Waals surface area contributed by atoms with Gasteiger partial charge in [-0.3, -0.25) is 4.79 Å². The lowest BCUT2D eigenvalue weighted by Gasteiger charge is -2.25. The first-order chi connectivity index (χ1) is 7.36. The Labute approximate surface area is 91.6 Å². The average molecular weight is 211 g/mol. The van der Waals surface area contributed by atoms with Gasteiger partial charge in [-0.15, -0.1) is 0 Å². The van der Waals surface area contributed by atoms with Gasteiger partial charge in [0.2, 0.25) is 0 Å². The monoisotopic (exact) mass is 211 g/mol. The molecule has 2 heterocycles. The van der Waals surface area contributed by atoms with Crippen LogP contribution < -0.4 is 5.32 Å². The van der Waals surface area contributed by atoms with Crippen molar-refractivity contribution < 1.29 is 9.53 Å². The maximum Gasteiger partial charge on any atom is 0.137 e. The number of carbonyl (C=O) groups is 1. The van der Waals surface area contributed by atoms with Gasteiger partial charge < -0.3 is 10.1 Å². The molecule has 0 amide bonds. The molecule has 3 heteroatoms. The first kappa shape index (κ1) is 11.1. The zero-order valence-electron chi connectivity index (χ0n) is 9.34. The van der Waals surface area contributed by atoms with Crippen LogP contribution in [0.3, 0.4) is 0 Å². The second kappa shape index (κ2) is 5.61. The van der Waals surface area contributed by atoms with E-state index >= 15 is 0 Å². The minimum atomic E-state index is 0.293. The molecule has 0 saturated carbocycles. The summed E-state index contributed by atoms with van der Waals surface area (Å²) in [5.74, 6) is 1.36. The van der Waals surface area contributed by atoms with E-state index in [2.05, 4.69) is 5.32 Å². The third kappa shape index (κ3) is 3.28. The van der Waals surface area contributed by atoms with E-state index in [4.69, 9.17) is 4.74 Å². The molecule has 2 fully saturated rings. The van der Waals surface area contributed by atoms with Gasteiger partial charge in [-0.2, -0.15) is 0 Å². The molecule has 2 rings (SSSR count). The maximum absolute atomic E-state index is 12.0. The molecule has 1 unspecified atom stereocenters. The van der Waals surface area contributed by atoms with Gasteiger partial charge in [-0.05, 0) is 38.1 Å². The summed E-state index contributed by atoms with van der Waals surface area (Å²) in [6, 6.07) is 0. The highest BCUT2D eigenvalue weighted by atomic mass is 16.5. The standard InChI is InChI=1S/C12H21NO2/c14-12(11-2-1-5-13-9-11)8-10-3-6-15-7-4-10/h10-11,13H,1-9H2. The average Bonchev–Trinajstić information content (AvgIpc) is 2.31. The number of piperidine rings is 1. The molecular formula is C12H21NO2. The molecule has 0 radical (unpaired) electrons. The van der Waals surface area contributed by atoms with E-state index < -0.39 is 0 Å². The van der Waals surface area contributed by atoms with Gasteiger partial charge in [0.15, 0.2) is 0 Å². The Bertz CT molecular complexity index is 206. The van der Waals surface area contributed by atoms with Crippen molar-refractivity contribution in [1.82, 2.24) is 5.32 Å². The molecule has 86 valence electrons. The molecule has 15 heavy (non-hydrogen) atoms. The fourth-order valence-corrected chi connectivity index (χ4v) is 2.53. The predicted octanol–water partition coefficient (Wildman–Crippen LogP) is 1.37. The van der Waals surface area contributed by atoms with Crippen LogP contribution in [0.5, 0.6) is 0 Å². The van der Waals surface area contributed by atoms with Crippen LogP contribution in [0.15, 0.2) is 0 Å². The van der Waals surface area contributed by atoms with E-state index in [9.17, 15) is 4.79 Å². The predicted molar refractivity (Wildman–Crippen MR) is 58.8 cm³/mol. The Morgan fingerprint density at radius 1 is 1.27 bits per heavy atom. The van der Waals surface area contributed by atoms with E-state index in [0.717, 1.165) is 58.4 Å². The van der Waals surface area contributed by atoms with Gasteiger partial charge >= 0.3 is 0 Å². The molecule has 2 aliphatic heterocycles. The normalized spacial score (nSPS) is 28.9. The van der Waals surface area contributed by atoms with E-state index in [-0.39, 0.29) is 0 Å². The number of ether oxygens (including phenoxy) is 1. The van der Waals surface area contributed by atoms with E-state index in [0.29, 0.717) is 17.6 Å². The number of ketones is 1. The minimum absolute atomic E-state index is 0.293. The molecule has 0 aliphatic carbocycles. The minimum Gasteiger partial charge on any atom is -0.381 e. The van der Waals surface area contributed by atoms with Crippen molar-refractivity contribution in [3.05, 3.63) is 0 Å². The summed E-state index contributed by atoms with van der Waals surface area (Å²) in [4.78, 5) is 12.0. The molecule has 1 atom stereocenters. The Kier molecular flexibility index (Phi) is 4.15. The van der Waals surface area contributed by atoms with Gasteiger partial charge in [0, 0.05) is 32.1 Å². The Balaban J connectivity index is 1.74. The van der Waals surface area contributed by atoms with Crippen LogP contribution in [0.2, 0.25) is 0 Å². The highest BCUT2D eigenvalue weighted by molar-refractivity contribution is 5.81. The van der Waals surface area contributed by atoms with Crippen LogP contribution in [-0.4, -0.2) is 32.1 Å². The quantitative estimate of drug-likeness (QED) is 0.766. The third-order valence-corrected chi connectivity index (χ3v) is 3.58. The SMILES string of the molecule is O=C(CC1CCOCC1)C1CCCNC1. The third-order valence-electron chi connectivity index (χ3n) is 3.58. The fraction of sp³-hybridized carbons (Fsp3) is 0.917. The van der Waals surface area contributed by atoms with Crippen LogP contribution in [-0.2, 0) is 9.53 Å². The topological polar surface area (TPSA) is 38.3 Å². The first-order valence-electron chi connectivity index (χ1n) is 6.17. The largest absolute Gasteiger partial charge is 0.381 e. The molecule has 0 aromatic carbocycles. The maximum atomic E-state index is 12.0. The van der Waals surface area contributed by atoms with Gasteiger partial charge in [-0.25, -0.2) is 0 Å². The van der Waals surface area contributed by atoms with Gasteiger partial charge in [-0.1, -0.05) is 0 Å². The van der Waals surface area contributed by atoms with Crippen LogP contribution in [0.4, 0.5) is 0 Å². The van der Waals surface area contributed by atoms with Gasteiger partial charge in [0.25, 0.3) is 0 Å². The lowest BCUT2D eigenvalue weighted by molar-refractivity contribution is -0.124. The van der Waals surface area contributed by atoms with Crippen molar-refractivity contribution in [2.24, 2.45) is 11.8 Å². The van der Waals surface area contributed by atoms with Crippen LogP contribution >= 0.6 is 0 Å². The Morgan fingerprint density at radius 3 is 2.73 bits per heavy atom. The molecule has 1 N–H and O–H groups in total. The van der Waals surface area contributed by atoms with Crippen LogP contribution in [0, 0.1) is 11.8 Å². The van der Waals surface area contributed by atoms with Crippen molar-refractivity contribution >= 4 is 5.78 Å². The molecular weight excluding hydrogens is 190 g/mol. The molecule has 3 nitrogen and oxygen atoms in total. The number of carbonyl (C=O) groups excluding carboxylic acids is 1. The van der Waals surface area contributed by atoms with Crippen LogP contribution in [0.1, 0.15) is 32.1 Å². The lowest BCUT2D eigenvalue weighted by Crippen LogP contribution is -2.35. The highest BCUT2D eigenvalue weighted by Crippen LogP contribution is 2.22. The summed E-state index contributed by atoms with van der Waals surface area (Å²) in [5, 5.41) is 3.31. The van der Waals surface area contributed by atoms with E-state index in [1.54, 1.807) is 0 Å². The van der Waals surface area contributed by atoms with Gasteiger partial charge in [0.1, 0.15) is 5.78 Å². The van der Waals surface area contributed by atoms with Crippen molar-refractivity contribution in [1.29, 1.82) is 0 Å². The number of hydrogen-bond acceptors (Lipinski definition) is 3. The van der Waals surface area contributed by atoms with Crippen molar-refractivity contribution in [2.75, 3.05) is 26.3 Å². The molecule has 0 aromatic heterocycles. The molecule has 0 spiro atoms. The molecule has 2 aliphatic rings. The number of rotatable bonds is 3. The summed E-state index contributed by atoms with van der Waals surface area (Å²) < 4.78 is 5.30. The summed E-state index contributed by atoms with van der Waals surface area (Å²) in [5.41, 5.74) is 0. The number of Topliss-reactive ketones (excluding diaryl/α,β-unsaturated/α-hetero) is 1. The number of nitrogens with one attached hydrogen (secondary N) is 1. The number of hydrogen-bond donors (Lipinski definition) is 1. The molecule has 0 bridgehead atoms. The Morgan fingerprint density at radius 2 is 2.07 bits per heavy atom. The lowest BCUT2D eigenvalue weighted by atomic mass is 9.86. The summed E-state index contributed by atoms with van der Waals surface area (Å²) in [6.45, 7) is 3.69. The van der Waals surface area contributed by atoms with Gasteiger partial charge in [0.05, 0.1) is 0 Å². The van der Waals surface area contributed by atoms with E-state index in [1.807, 2.05) is 0 Å². The molecule has 2 saturated heterocycles. The van der Waals surface area contributed by atoms with Crippen molar-refractivity contribution in [3.63, 3.8) is 0 Å². The summed E-state index contributed by atoms with van der Waals surface area (Å²) in [7, 11) is 0. The second-order valence-electron chi connectivity index (χ2n) is 4.77. The molecule has 0 aromatic rings. The van der Waals surface area contributed by atoms with Crippen LogP contribution in [0.25, 0.3) is 0 Å². The highest BCUT2D eigenvalue weighted by Gasteiger charge is 2.24. The zero-order valence-corrected chi connectivity index (χ0v) is 9.34. The smallest absolute Gasteiger partial charge is 0.137 e. The summed E-state index contributed by atoms with van der Waals surface area (Å²) in [6.07, 6.45) is 5.19. The first-order valence-corrected chi connectivity index (χ1v) is 6.17. The zero-order chi connectivity index (χ0) is 10.5. The Hall–Kier alpha value is -0.410. The van der Waals surface area contributed by atoms with Crippen molar-refractivity contribution in [3.8, 4) is 0 Å². The van der Waals surface area contributed by atoms with Crippen molar-refractivity contribution in [2.45, 2.75) is 32.1 Å². The second-order valence-corrected chi connectivity index (χ2v) is 4.77.